The van der Waals surface area contributed by atoms with E-state index in [0.29, 0.717) is 18.1 Å². The highest BCUT2D eigenvalue weighted by Gasteiger charge is 2.07. The maximum Gasteiger partial charge on any atom is 0.230 e. The van der Waals surface area contributed by atoms with Gasteiger partial charge in [0.15, 0.2) is 5.82 Å². The summed E-state index contributed by atoms with van der Waals surface area (Å²) in [6.07, 6.45) is 5.19. The Morgan fingerprint density at radius 2 is 2.30 bits per heavy atom. The molecule has 3 heterocycles. The number of thiophene rings is 1. The molecule has 0 fully saturated rings. The zero-order chi connectivity index (χ0) is 13.8. The Balaban J connectivity index is 1.71. The molecular weight excluding hydrogens is 274 g/mol. The van der Waals surface area contributed by atoms with Crippen LogP contribution in [0.4, 0.5) is 5.82 Å². The van der Waals surface area contributed by atoms with E-state index in [1.165, 1.54) is 6.33 Å². The molecule has 0 spiro atoms. The molecule has 3 rings (SSSR count). The lowest BCUT2D eigenvalue weighted by Gasteiger charge is -2.05. The number of aromatic nitrogens is 4. The van der Waals surface area contributed by atoms with Crippen LogP contribution in [0.2, 0.25) is 0 Å². The van der Waals surface area contributed by atoms with Gasteiger partial charge in [-0.05, 0) is 17.5 Å². The summed E-state index contributed by atoms with van der Waals surface area (Å²) in [6, 6.07) is 7.34. The van der Waals surface area contributed by atoms with Crippen molar-refractivity contribution < 1.29 is 4.79 Å². The first-order valence-corrected chi connectivity index (χ1v) is 6.83. The number of carbonyl (C=O) groups is 1. The fraction of sp³-hybridized carbons (Fsp3) is 0.0769. The lowest BCUT2D eigenvalue weighted by Crippen LogP contribution is -2.15. The van der Waals surface area contributed by atoms with Crippen molar-refractivity contribution in [2.45, 2.75) is 6.42 Å². The van der Waals surface area contributed by atoms with Crippen molar-refractivity contribution in [1.82, 2.24) is 19.7 Å². The van der Waals surface area contributed by atoms with Crippen molar-refractivity contribution in [3.63, 3.8) is 0 Å². The third-order valence-electron chi connectivity index (χ3n) is 2.57. The zero-order valence-electron chi connectivity index (χ0n) is 10.4. The number of rotatable bonds is 4. The quantitative estimate of drug-likeness (QED) is 0.794. The fourth-order valence-corrected chi connectivity index (χ4v) is 2.41. The molecule has 0 radical (unpaired) electrons. The van der Waals surface area contributed by atoms with Crippen LogP contribution in [0.1, 0.15) is 4.88 Å². The lowest BCUT2D eigenvalue weighted by molar-refractivity contribution is -0.115. The normalized spacial score (nSPS) is 10.4. The van der Waals surface area contributed by atoms with Crippen molar-refractivity contribution in [2.75, 3.05) is 5.32 Å². The molecule has 0 atom stereocenters. The molecule has 100 valence electrons. The second-order valence-corrected chi connectivity index (χ2v) is 5.05. The molecule has 6 nitrogen and oxygen atoms in total. The van der Waals surface area contributed by atoms with E-state index in [1.54, 1.807) is 40.5 Å². The van der Waals surface area contributed by atoms with E-state index in [1.807, 2.05) is 17.5 Å². The van der Waals surface area contributed by atoms with Crippen LogP contribution in [0.15, 0.2) is 48.4 Å². The summed E-state index contributed by atoms with van der Waals surface area (Å²) in [7, 11) is 0. The third kappa shape index (κ3) is 2.89. The minimum absolute atomic E-state index is 0.0995. The van der Waals surface area contributed by atoms with Crippen molar-refractivity contribution in [3.05, 3.63) is 53.2 Å². The second-order valence-electron chi connectivity index (χ2n) is 4.02. The smallest absolute Gasteiger partial charge is 0.230 e. The molecular formula is C13H11N5OS. The number of anilines is 1. The number of hydrogen-bond acceptors (Lipinski definition) is 5. The van der Waals surface area contributed by atoms with Crippen molar-refractivity contribution in [1.29, 1.82) is 0 Å². The van der Waals surface area contributed by atoms with Gasteiger partial charge in [-0.15, -0.1) is 11.3 Å². The van der Waals surface area contributed by atoms with Crippen LogP contribution >= 0.6 is 11.3 Å². The molecule has 0 saturated heterocycles. The van der Waals surface area contributed by atoms with Gasteiger partial charge in [-0.2, -0.15) is 5.10 Å². The Bertz CT molecular complexity index is 693. The van der Waals surface area contributed by atoms with Crippen molar-refractivity contribution in [3.8, 4) is 5.82 Å². The van der Waals surface area contributed by atoms with Crippen LogP contribution in [0, 0.1) is 0 Å². The average Bonchev–Trinajstić information content (AvgIpc) is 3.11. The second kappa shape index (κ2) is 5.62. The van der Waals surface area contributed by atoms with E-state index in [9.17, 15) is 4.79 Å². The van der Waals surface area contributed by atoms with Gasteiger partial charge in [0.2, 0.25) is 5.91 Å². The fourth-order valence-electron chi connectivity index (χ4n) is 1.70. The largest absolute Gasteiger partial charge is 0.310 e. The van der Waals surface area contributed by atoms with Gasteiger partial charge in [0.1, 0.15) is 12.1 Å². The van der Waals surface area contributed by atoms with Crippen LogP contribution in [-0.4, -0.2) is 25.7 Å². The summed E-state index contributed by atoms with van der Waals surface area (Å²) in [5, 5.41) is 8.79. The van der Waals surface area contributed by atoms with Gasteiger partial charge in [0.25, 0.3) is 0 Å². The van der Waals surface area contributed by atoms with E-state index >= 15 is 0 Å². The van der Waals surface area contributed by atoms with Crippen molar-refractivity contribution >= 4 is 23.1 Å². The van der Waals surface area contributed by atoms with Crippen LogP contribution in [0.25, 0.3) is 5.82 Å². The Labute approximate surface area is 119 Å². The molecule has 0 aliphatic carbocycles. The van der Waals surface area contributed by atoms with E-state index in [2.05, 4.69) is 20.4 Å². The molecule has 0 aliphatic heterocycles. The number of amides is 1. The SMILES string of the molecule is O=C(Cc1cccs1)Nc1cc(-n2cccn2)ncn1. The van der Waals surface area contributed by atoms with Gasteiger partial charge in [0, 0.05) is 23.3 Å². The summed E-state index contributed by atoms with van der Waals surface area (Å²) in [6.45, 7) is 0. The first kappa shape index (κ1) is 12.5. The predicted octanol–water partition coefficient (Wildman–Crippen LogP) is 1.90. The third-order valence-corrected chi connectivity index (χ3v) is 3.45. The first-order valence-electron chi connectivity index (χ1n) is 5.95. The minimum Gasteiger partial charge on any atom is -0.310 e. The first-order chi connectivity index (χ1) is 9.81. The molecule has 0 unspecified atom stereocenters. The summed E-state index contributed by atoms with van der Waals surface area (Å²) >= 11 is 1.56. The number of nitrogens with zero attached hydrogens (tertiary/aromatic N) is 4. The lowest BCUT2D eigenvalue weighted by atomic mass is 10.3. The minimum atomic E-state index is -0.0995. The Kier molecular flexibility index (Phi) is 3.51. The molecule has 0 bridgehead atoms. The van der Waals surface area contributed by atoms with Crippen LogP contribution in [-0.2, 0) is 11.2 Å². The summed E-state index contributed by atoms with van der Waals surface area (Å²) < 4.78 is 1.61. The molecule has 0 aliphatic rings. The number of carbonyl (C=O) groups excluding carboxylic acids is 1. The summed E-state index contributed by atoms with van der Waals surface area (Å²) in [5.74, 6) is 0.973. The van der Waals surface area contributed by atoms with Crippen molar-refractivity contribution in [2.24, 2.45) is 0 Å². The molecule has 0 saturated carbocycles. The number of nitrogens with one attached hydrogen (secondary N) is 1. The molecule has 7 heteroatoms. The van der Waals surface area contributed by atoms with Crippen LogP contribution in [0.3, 0.4) is 0 Å². The number of hydrogen-bond donors (Lipinski definition) is 1. The van der Waals surface area contributed by atoms with Gasteiger partial charge >= 0.3 is 0 Å². The summed E-state index contributed by atoms with van der Waals surface area (Å²) in [5.41, 5.74) is 0. The maximum absolute atomic E-state index is 11.9. The highest BCUT2D eigenvalue weighted by molar-refractivity contribution is 7.10. The molecule has 1 amide bonds. The van der Waals surface area contributed by atoms with Gasteiger partial charge in [-0.25, -0.2) is 14.6 Å². The molecule has 3 aromatic rings. The Morgan fingerprint density at radius 3 is 3.05 bits per heavy atom. The molecule has 1 N–H and O–H groups in total. The standard InChI is InChI=1S/C13H11N5OS/c19-13(7-10-3-1-6-20-10)17-11-8-12(15-9-14-11)18-5-2-4-16-18/h1-6,8-9H,7H2,(H,14,15,17,19). The van der Waals surface area contributed by atoms with Gasteiger partial charge in [0.05, 0.1) is 6.42 Å². The molecule has 3 aromatic heterocycles. The van der Waals surface area contributed by atoms with Crippen LogP contribution < -0.4 is 5.32 Å². The highest BCUT2D eigenvalue weighted by atomic mass is 32.1. The van der Waals surface area contributed by atoms with Gasteiger partial charge in [-0.3, -0.25) is 4.79 Å². The Morgan fingerprint density at radius 1 is 1.35 bits per heavy atom. The summed E-state index contributed by atoms with van der Waals surface area (Å²) in [4.78, 5) is 21.1. The molecule has 20 heavy (non-hydrogen) atoms. The Hall–Kier alpha value is -2.54. The predicted molar refractivity (Wildman–Crippen MR) is 75.8 cm³/mol. The zero-order valence-corrected chi connectivity index (χ0v) is 11.2. The van der Waals surface area contributed by atoms with Gasteiger partial charge in [-0.1, -0.05) is 6.07 Å². The topological polar surface area (TPSA) is 72.7 Å². The monoisotopic (exact) mass is 285 g/mol. The van der Waals surface area contributed by atoms with E-state index in [-0.39, 0.29) is 5.91 Å². The molecule has 0 aromatic carbocycles. The highest BCUT2D eigenvalue weighted by Crippen LogP contribution is 2.11. The maximum atomic E-state index is 11.9. The van der Waals surface area contributed by atoms with E-state index < -0.39 is 0 Å². The van der Waals surface area contributed by atoms with Crippen LogP contribution in [0.5, 0.6) is 0 Å². The average molecular weight is 285 g/mol. The van der Waals surface area contributed by atoms with Gasteiger partial charge < -0.3 is 5.32 Å². The van der Waals surface area contributed by atoms with E-state index in [4.69, 9.17) is 0 Å². The van der Waals surface area contributed by atoms with E-state index in [0.717, 1.165) is 4.88 Å².